The summed E-state index contributed by atoms with van der Waals surface area (Å²) in [6.45, 7) is 0.163. The number of nitrogens with zero attached hydrogens (tertiary/aromatic N) is 2. The first-order valence-electron chi connectivity index (χ1n) is 17.3. The Balaban J connectivity index is 1.35. The van der Waals surface area contributed by atoms with E-state index in [0.717, 1.165) is 15.5 Å². The molecule has 11 nitrogen and oxygen atoms in total. The second-order valence-corrected chi connectivity index (χ2v) is 15.7. The number of hydrazine groups is 1. The van der Waals surface area contributed by atoms with E-state index in [4.69, 9.17) is 37.4 Å². The molecule has 2 N–H and O–H groups in total. The summed E-state index contributed by atoms with van der Waals surface area (Å²) in [5.74, 6) is -5.03. The van der Waals surface area contributed by atoms with E-state index >= 15 is 4.79 Å². The Hall–Kier alpha value is -5.04. The zero-order valence-electron chi connectivity index (χ0n) is 29.4. The Labute approximate surface area is 325 Å². The molecule has 54 heavy (non-hydrogen) atoms. The molecule has 8 rings (SSSR count). The van der Waals surface area contributed by atoms with Crippen molar-refractivity contribution in [3.05, 3.63) is 110 Å². The number of aromatic hydroxyl groups is 1. The van der Waals surface area contributed by atoms with Crippen LogP contribution in [0.15, 0.2) is 83.8 Å². The molecule has 1 aromatic heterocycles. The topological polar surface area (TPSA) is 135 Å². The minimum absolute atomic E-state index is 0.0936. The van der Waals surface area contributed by atoms with Gasteiger partial charge in [0.1, 0.15) is 5.75 Å². The third-order valence-corrected chi connectivity index (χ3v) is 12.8. The van der Waals surface area contributed by atoms with Crippen LogP contribution in [0, 0.1) is 23.7 Å². The van der Waals surface area contributed by atoms with Crippen molar-refractivity contribution in [3.63, 3.8) is 0 Å². The molecule has 14 heteroatoms. The summed E-state index contributed by atoms with van der Waals surface area (Å²) >= 11 is 14.2. The van der Waals surface area contributed by atoms with Crippen molar-refractivity contribution in [3.8, 4) is 23.0 Å². The molecule has 3 heterocycles. The van der Waals surface area contributed by atoms with Crippen molar-refractivity contribution >= 4 is 63.9 Å². The number of thiophene rings is 1. The number of amides is 4. The molecule has 4 aliphatic rings. The third kappa shape index (κ3) is 5.37. The zero-order valence-corrected chi connectivity index (χ0v) is 31.7. The predicted molar refractivity (Wildman–Crippen MR) is 202 cm³/mol. The molecule has 0 bridgehead atoms. The Morgan fingerprint density at radius 2 is 1.61 bits per heavy atom. The van der Waals surface area contributed by atoms with Crippen molar-refractivity contribution < 1.29 is 38.5 Å². The molecule has 0 radical (unpaired) electrons. The number of nitrogens with one attached hydrogen (secondary N) is 1. The lowest BCUT2D eigenvalue weighted by Crippen LogP contribution is -2.53. The van der Waals surface area contributed by atoms with Crippen LogP contribution in [0.5, 0.6) is 23.0 Å². The first-order chi connectivity index (χ1) is 26.0. The summed E-state index contributed by atoms with van der Waals surface area (Å²) in [5, 5.41) is 14.5. The highest BCUT2D eigenvalue weighted by Crippen LogP contribution is 2.65. The van der Waals surface area contributed by atoms with Crippen LogP contribution in [-0.4, -0.2) is 60.0 Å². The lowest BCUT2D eigenvalue weighted by Gasteiger charge is -2.50. The number of carbonyl (C=O) groups excluding carboxylic acids is 4. The van der Waals surface area contributed by atoms with E-state index < -0.39 is 46.8 Å². The van der Waals surface area contributed by atoms with Gasteiger partial charge < -0.3 is 19.3 Å². The summed E-state index contributed by atoms with van der Waals surface area (Å²) in [7, 11) is 4.35. The van der Waals surface area contributed by atoms with Gasteiger partial charge in [-0.05, 0) is 83.8 Å². The van der Waals surface area contributed by atoms with Crippen LogP contribution in [0.25, 0.3) is 0 Å². The van der Waals surface area contributed by atoms with Crippen molar-refractivity contribution in [2.24, 2.45) is 23.7 Å². The Morgan fingerprint density at radius 3 is 2.24 bits per heavy atom. The number of hydrogen-bond donors (Lipinski definition) is 2. The SMILES string of the molecule is COc1ccc(C23C(=O)N(Nc4ccc(Cl)cc4Cl)C(=O)C2CC2C(=CCC4C(=O)N(Cc5cccs5)C(=O)C42)C3c2cc(OC)c(O)c(OC)c2)cc1. The Bertz CT molecular complexity index is 2200. The second kappa shape index (κ2) is 13.7. The highest BCUT2D eigenvalue weighted by molar-refractivity contribution is 7.09. The molecule has 3 fully saturated rings. The second-order valence-electron chi connectivity index (χ2n) is 13.8. The molecule has 1 saturated carbocycles. The fraction of sp³-hybridized carbons (Fsp3) is 0.300. The van der Waals surface area contributed by atoms with E-state index in [1.807, 2.05) is 23.6 Å². The number of ether oxygens (including phenoxy) is 3. The average molecular weight is 789 g/mol. The van der Waals surface area contributed by atoms with Crippen LogP contribution in [0.3, 0.4) is 0 Å². The van der Waals surface area contributed by atoms with Crippen molar-refractivity contribution in [1.29, 1.82) is 0 Å². The lowest BCUT2D eigenvalue weighted by molar-refractivity contribution is -0.141. The highest BCUT2D eigenvalue weighted by Gasteiger charge is 2.70. The van der Waals surface area contributed by atoms with Crippen LogP contribution in [0.4, 0.5) is 5.69 Å². The van der Waals surface area contributed by atoms with Crippen molar-refractivity contribution in [2.45, 2.75) is 30.7 Å². The van der Waals surface area contributed by atoms with Crippen LogP contribution in [0.1, 0.15) is 34.8 Å². The van der Waals surface area contributed by atoms with Gasteiger partial charge in [0.2, 0.25) is 17.6 Å². The van der Waals surface area contributed by atoms with Gasteiger partial charge in [-0.3, -0.25) is 29.5 Å². The fourth-order valence-corrected chi connectivity index (χ4v) is 10.2. The summed E-state index contributed by atoms with van der Waals surface area (Å²) in [6, 6.07) is 18.7. The number of likely N-dealkylation sites (tertiary alicyclic amines) is 1. The van der Waals surface area contributed by atoms with Gasteiger partial charge in [-0.2, -0.15) is 5.01 Å². The third-order valence-electron chi connectivity index (χ3n) is 11.4. The van der Waals surface area contributed by atoms with E-state index in [2.05, 4.69) is 5.43 Å². The first kappa shape index (κ1) is 36.0. The number of phenolic OH excluding ortho intramolecular Hbond substituents is 1. The van der Waals surface area contributed by atoms with E-state index in [-0.39, 0.29) is 59.2 Å². The van der Waals surface area contributed by atoms with Gasteiger partial charge >= 0.3 is 0 Å². The number of carbonyl (C=O) groups is 4. The van der Waals surface area contributed by atoms with Gasteiger partial charge in [0, 0.05) is 15.8 Å². The summed E-state index contributed by atoms with van der Waals surface area (Å²) in [6.07, 6.45) is 2.33. The van der Waals surface area contributed by atoms with Gasteiger partial charge in [0.05, 0.1) is 61.8 Å². The maximum atomic E-state index is 15.5. The number of benzene rings is 3. The molecule has 278 valence electrons. The quantitative estimate of drug-likeness (QED) is 0.136. The van der Waals surface area contributed by atoms with Gasteiger partial charge in [0.25, 0.3) is 11.8 Å². The summed E-state index contributed by atoms with van der Waals surface area (Å²) in [5.41, 5.74) is 3.46. The van der Waals surface area contributed by atoms with E-state index in [1.165, 1.54) is 43.6 Å². The highest BCUT2D eigenvalue weighted by atomic mass is 35.5. The molecule has 3 aromatic carbocycles. The summed E-state index contributed by atoms with van der Waals surface area (Å²) < 4.78 is 16.7. The van der Waals surface area contributed by atoms with Crippen molar-refractivity contribution in [2.75, 3.05) is 26.8 Å². The zero-order chi connectivity index (χ0) is 38.1. The maximum absolute atomic E-state index is 15.5. The van der Waals surface area contributed by atoms with E-state index in [1.54, 1.807) is 48.5 Å². The number of fused-ring (bicyclic) bond motifs is 4. The fourth-order valence-electron chi connectivity index (χ4n) is 9.08. The van der Waals surface area contributed by atoms with Crippen LogP contribution >= 0.6 is 34.5 Å². The molecular formula is C40H35Cl2N3O8S. The van der Waals surface area contributed by atoms with E-state index in [9.17, 15) is 19.5 Å². The van der Waals surface area contributed by atoms with Crippen LogP contribution in [0.2, 0.25) is 10.0 Å². The molecule has 2 aliphatic carbocycles. The number of hydrogen-bond acceptors (Lipinski definition) is 10. The number of phenols is 1. The predicted octanol–water partition coefficient (Wildman–Crippen LogP) is 6.97. The lowest BCUT2D eigenvalue weighted by atomic mass is 9.49. The number of anilines is 1. The van der Waals surface area contributed by atoms with Crippen LogP contribution in [-0.2, 0) is 31.1 Å². The molecule has 4 amide bonds. The van der Waals surface area contributed by atoms with Gasteiger partial charge in [-0.15, -0.1) is 11.3 Å². The minimum atomic E-state index is -1.60. The molecular weight excluding hydrogens is 753 g/mol. The largest absolute Gasteiger partial charge is 0.502 e. The standard InChI is InChI=1S/C40H35Cl2N3O8S/c1-51-23-9-6-21(7-10-23)40-28(37(48)45(39(40)50)43-30-13-8-22(41)17-29(30)42)18-27-25(34(40)20-15-31(52-2)35(46)32(16-20)53-3)11-12-26-33(27)38(49)44(36(26)47)19-24-5-4-14-54-24/h4-11,13-17,26-28,33-34,43,46H,12,18-19H2,1-3H3. The number of allylic oxidation sites excluding steroid dienone is 2. The smallest absolute Gasteiger partial charge is 0.260 e. The molecule has 6 unspecified atom stereocenters. The Kier molecular flexibility index (Phi) is 9.10. The van der Waals surface area contributed by atoms with E-state index in [0.29, 0.717) is 21.9 Å². The Morgan fingerprint density at radius 1 is 0.889 bits per heavy atom. The number of methoxy groups -OCH3 is 3. The molecule has 6 atom stereocenters. The first-order valence-corrected chi connectivity index (χ1v) is 18.9. The van der Waals surface area contributed by atoms with Crippen LogP contribution < -0.4 is 19.6 Å². The monoisotopic (exact) mass is 787 g/mol. The number of halogens is 2. The number of imide groups is 2. The molecule has 0 spiro atoms. The normalized spacial score (nSPS) is 25.9. The molecule has 2 saturated heterocycles. The summed E-state index contributed by atoms with van der Waals surface area (Å²) in [4.78, 5) is 61.1. The average Bonchev–Trinajstić information content (AvgIpc) is 3.84. The maximum Gasteiger partial charge on any atom is 0.260 e. The minimum Gasteiger partial charge on any atom is -0.502 e. The molecule has 2 aliphatic heterocycles. The van der Waals surface area contributed by atoms with Gasteiger partial charge in [-0.1, -0.05) is 53.1 Å². The van der Waals surface area contributed by atoms with Gasteiger partial charge in [0.15, 0.2) is 11.5 Å². The number of rotatable bonds is 9. The molecule has 4 aromatic rings. The van der Waals surface area contributed by atoms with Gasteiger partial charge in [-0.25, -0.2) is 0 Å². The van der Waals surface area contributed by atoms with Crippen molar-refractivity contribution in [1.82, 2.24) is 9.91 Å².